The summed E-state index contributed by atoms with van der Waals surface area (Å²) < 4.78 is 26.7. The van der Waals surface area contributed by atoms with Crippen LogP contribution in [-0.4, -0.2) is 33.2 Å². The number of halogens is 2. The predicted molar refractivity (Wildman–Crippen MR) is 107 cm³/mol. The summed E-state index contributed by atoms with van der Waals surface area (Å²) in [5.74, 6) is -0.0642. The van der Waals surface area contributed by atoms with Crippen molar-refractivity contribution in [3.05, 3.63) is 58.1 Å². The molecule has 0 fully saturated rings. The van der Waals surface area contributed by atoms with Crippen molar-refractivity contribution in [1.82, 2.24) is 10.0 Å². The Morgan fingerprint density at radius 1 is 1.08 bits per heavy atom. The molecule has 0 heterocycles. The maximum absolute atomic E-state index is 12.1. The fourth-order valence-electron chi connectivity index (χ4n) is 1.97. The van der Waals surface area contributed by atoms with E-state index in [-0.39, 0.29) is 29.6 Å². The molecule has 0 radical (unpaired) electrons. The zero-order valence-electron chi connectivity index (χ0n) is 14.0. The summed E-state index contributed by atoms with van der Waals surface area (Å²) in [5.41, 5.74) is 0.980. The highest BCUT2D eigenvalue weighted by Crippen LogP contribution is 2.29. The van der Waals surface area contributed by atoms with E-state index in [9.17, 15) is 13.2 Å². The van der Waals surface area contributed by atoms with Gasteiger partial charge < -0.3 is 5.32 Å². The van der Waals surface area contributed by atoms with Crippen LogP contribution in [0, 0.1) is 6.92 Å². The van der Waals surface area contributed by atoms with Crippen molar-refractivity contribution in [3.8, 4) is 0 Å². The lowest BCUT2D eigenvalue weighted by Gasteiger charge is -2.09. The smallest absolute Gasteiger partial charge is 0.240 e. The molecule has 0 aliphatic heterocycles. The van der Waals surface area contributed by atoms with Crippen molar-refractivity contribution >= 4 is 50.9 Å². The van der Waals surface area contributed by atoms with Gasteiger partial charge >= 0.3 is 0 Å². The number of amides is 1. The second kappa shape index (κ2) is 9.62. The van der Waals surface area contributed by atoms with Gasteiger partial charge in [-0.3, -0.25) is 4.79 Å². The molecule has 0 aromatic heterocycles. The predicted octanol–water partition coefficient (Wildman–Crippen LogP) is 3.49. The van der Waals surface area contributed by atoms with Crippen molar-refractivity contribution in [2.45, 2.75) is 16.7 Å². The van der Waals surface area contributed by atoms with Gasteiger partial charge in [0.15, 0.2) is 0 Å². The zero-order chi connectivity index (χ0) is 19.2. The van der Waals surface area contributed by atoms with E-state index in [0.717, 1.165) is 10.5 Å². The van der Waals surface area contributed by atoms with Crippen LogP contribution in [0.4, 0.5) is 0 Å². The molecule has 1 amide bonds. The fraction of sp³-hybridized carbons (Fsp3) is 0.235. The number of carbonyl (C=O) groups is 1. The Hall–Kier alpha value is -1.25. The van der Waals surface area contributed by atoms with Gasteiger partial charge in [0, 0.05) is 23.0 Å². The first-order chi connectivity index (χ1) is 12.3. The van der Waals surface area contributed by atoms with Crippen LogP contribution < -0.4 is 10.0 Å². The Morgan fingerprint density at radius 2 is 1.77 bits per heavy atom. The second-order valence-corrected chi connectivity index (χ2v) is 9.05. The summed E-state index contributed by atoms with van der Waals surface area (Å²) in [6.07, 6.45) is 0. The normalized spacial score (nSPS) is 11.3. The molecular weight excluding hydrogens is 415 g/mol. The Labute approximate surface area is 167 Å². The number of rotatable bonds is 8. The highest BCUT2D eigenvalue weighted by molar-refractivity contribution is 8.00. The van der Waals surface area contributed by atoms with E-state index < -0.39 is 10.0 Å². The molecule has 0 saturated heterocycles. The van der Waals surface area contributed by atoms with E-state index in [1.807, 2.05) is 6.92 Å². The average molecular weight is 433 g/mol. The van der Waals surface area contributed by atoms with Gasteiger partial charge in [-0.15, -0.1) is 11.8 Å². The highest BCUT2D eigenvalue weighted by Gasteiger charge is 2.13. The molecule has 0 aliphatic carbocycles. The van der Waals surface area contributed by atoms with Crippen LogP contribution in [-0.2, 0) is 14.8 Å². The summed E-state index contributed by atoms with van der Waals surface area (Å²) in [7, 11) is -3.58. The fourth-order valence-corrected chi connectivity index (χ4v) is 4.32. The molecule has 0 spiro atoms. The van der Waals surface area contributed by atoms with Crippen LogP contribution in [0.3, 0.4) is 0 Å². The Bertz CT molecular complexity index is 872. The van der Waals surface area contributed by atoms with Crippen LogP contribution in [0.25, 0.3) is 0 Å². The lowest BCUT2D eigenvalue weighted by atomic mass is 10.2. The van der Waals surface area contributed by atoms with E-state index in [1.165, 1.54) is 11.8 Å². The zero-order valence-corrected chi connectivity index (χ0v) is 17.1. The van der Waals surface area contributed by atoms with Crippen molar-refractivity contribution in [3.63, 3.8) is 0 Å². The summed E-state index contributed by atoms with van der Waals surface area (Å²) >= 11 is 13.2. The lowest BCUT2D eigenvalue weighted by Crippen LogP contribution is -2.35. The van der Waals surface area contributed by atoms with Crippen LogP contribution in [0.2, 0.25) is 10.0 Å². The van der Waals surface area contributed by atoms with Crippen LogP contribution >= 0.6 is 35.0 Å². The van der Waals surface area contributed by atoms with E-state index in [0.29, 0.717) is 10.0 Å². The number of aryl methyl sites for hydroxylation is 1. The molecule has 2 aromatic rings. The third kappa shape index (κ3) is 6.48. The van der Waals surface area contributed by atoms with Crippen molar-refractivity contribution < 1.29 is 13.2 Å². The highest BCUT2D eigenvalue weighted by atomic mass is 35.5. The van der Waals surface area contributed by atoms with Gasteiger partial charge in [0.2, 0.25) is 15.9 Å². The minimum atomic E-state index is -3.58. The quantitative estimate of drug-likeness (QED) is 0.494. The van der Waals surface area contributed by atoms with Crippen molar-refractivity contribution in [1.29, 1.82) is 0 Å². The first-order valence-corrected chi connectivity index (χ1v) is 10.9. The van der Waals surface area contributed by atoms with Gasteiger partial charge in [0.1, 0.15) is 0 Å². The third-order valence-electron chi connectivity index (χ3n) is 3.32. The number of hydrogen-bond acceptors (Lipinski definition) is 4. The molecule has 2 aromatic carbocycles. The topological polar surface area (TPSA) is 75.3 Å². The molecule has 9 heteroatoms. The van der Waals surface area contributed by atoms with Gasteiger partial charge in [-0.25, -0.2) is 13.1 Å². The number of carbonyl (C=O) groups excluding carboxylic acids is 1. The SMILES string of the molecule is Cc1ccc(S(=O)(=O)NCCNC(=O)CSc2cc(Cl)ccc2Cl)cc1. The number of hydrogen-bond donors (Lipinski definition) is 2. The molecule has 0 atom stereocenters. The minimum Gasteiger partial charge on any atom is -0.354 e. The molecule has 140 valence electrons. The summed E-state index contributed by atoms with van der Waals surface area (Å²) in [6.45, 7) is 2.17. The van der Waals surface area contributed by atoms with Crippen molar-refractivity contribution in [2.24, 2.45) is 0 Å². The van der Waals surface area contributed by atoms with Crippen molar-refractivity contribution in [2.75, 3.05) is 18.8 Å². The van der Waals surface area contributed by atoms with Gasteiger partial charge in [0.05, 0.1) is 15.7 Å². The Morgan fingerprint density at radius 3 is 2.46 bits per heavy atom. The third-order valence-corrected chi connectivity index (χ3v) is 6.53. The molecular formula is C17H18Cl2N2O3S2. The average Bonchev–Trinajstić information content (AvgIpc) is 2.60. The maximum atomic E-state index is 12.1. The first-order valence-electron chi connectivity index (χ1n) is 7.69. The molecule has 0 saturated carbocycles. The molecule has 0 bridgehead atoms. The first kappa shape index (κ1) is 21.1. The molecule has 2 N–H and O–H groups in total. The molecule has 0 aliphatic rings. The molecule has 0 unspecified atom stereocenters. The summed E-state index contributed by atoms with van der Waals surface area (Å²) in [6, 6.07) is 11.6. The Balaban J connectivity index is 1.74. The lowest BCUT2D eigenvalue weighted by molar-refractivity contribution is -0.118. The minimum absolute atomic E-state index is 0.102. The van der Waals surface area contributed by atoms with Gasteiger partial charge in [0.25, 0.3) is 0 Å². The van der Waals surface area contributed by atoms with Gasteiger partial charge in [-0.05, 0) is 37.3 Å². The van der Waals surface area contributed by atoms with E-state index in [2.05, 4.69) is 10.0 Å². The summed E-state index contributed by atoms with van der Waals surface area (Å²) in [5, 5.41) is 3.73. The molecule has 2 rings (SSSR count). The van der Waals surface area contributed by atoms with Crippen LogP contribution in [0.15, 0.2) is 52.3 Å². The number of benzene rings is 2. The van der Waals surface area contributed by atoms with E-state index >= 15 is 0 Å². The maximum Gasteiger partial charge on any atom is 0.240 e. The monoisotopic (exact) mass is 432 g/mol. The Kier molecular flexibility index (Phi) is 7.79. The standard InChI is InChI=1S/C17H18Cl2N2O3S2/c1-12-2-5-14(6-3-12)26(23,24)21-9-8-20-17(22)11-25-16-10-13(18)4-7-15(16)19/h2-7,10,21H,8-9,11H2,1H3,(H,20,22). The largest absolute Gasteiger partial charge is 0.354 e. The van der Waals surface area contributed by atoms with E-state index in [4.69, 9.17) is 23.2 Å². The number of sulfonamides is 1. The van der Waals surface area contributed by atoms with E-state index in [1.54, 1.807) is 42.5 Å². The number of nitrogens with one attached hydrogen (secondary N) is 2. The van der Waals surface area contributed by atoms with Gasteiger partial charge in [-0.2, -0.15) is 0 Å². The number of thioether (sulfide) groups is 1. The second-order valence-electron chi connectivity index (χ2n) is 5.42. The molecule has 26 heavy (non-hydrogen) atoms. The van der Waals surface area contributed by atoms with Gasteiger partial charge in [-0.1, -0.05) is 40.9 Å². The van der Waals surface area contributed by atoms with Crippen LogP contribution in [0.1, 0.15) is 5.56 Å². The van der Waals surface area contributed by atoms with Crippen LogP contribution in [0.5, 0.6) is 0 Å². The molecule has 5 nitrogen and oxygen atoms in total. The summed E-state index contributed by atoms with van der Waals surface area (Å²) in [4.78, 5) is 12.8.